The maximum atomic E-state index is 13.7. The highest BCUT2D eigenvalue weighted by atomic mass is 16.2. The van der Waals surface area contributed by atoms with Gasteiger partial charge >= 0.3 is 0 Å². The van der Waals surface area contributed by atoms with Gasteiger partial charge in [0.25, 0.3) is 5.56 Å². The fourth-order valence-electron chi connectivity index (χ4n) is 6.21. The number of aryl methyl sites for hydroxylation is 6. The molecule has 0 fully saturated rings. The van der Waals surface area contributed by atoms with Gasteiger partial charge in [-0.1, -0.05) is 42.5 Å². The maximum absolute atomic E-state index is 13.7. The second kappa shape index (κ2) is 11.6. The van der Waals surface area contributed by atoms with Crippen LogP contribution in [0, 0.1) is 34.6 Å². The second-order valence-electron chi connectivity index (χ2n) is 11.1. The standard InChI is InChI=1S/C33H38N6O2/c1-19-8-6-9-20(2)29(19)26(30-21(3)10-7-11-22(30)4)18-36-31-33(41)39-25(17-35-31)13-14-27(39)32(40)37-16-24-12-15-28(34)38-23(24)5/h6-12,15,17,26-27H,13-14,16,18H2,1-5H3,(H2,34,38)(H,35,36)(H,37,40)/t27-/m0/s1. The van der Waals surface area contributed by atoms with Gasteiger partial charge in [-0.15, -0.1) is 0 Å². The second-order valence-corrected chi connectivity index (χ2v) is 11.1. The van der Waals surface area contributed by atoms with Crippen LogP contribution in [0.3, 0.4) is 0 Å². The number of aromatic nitrogens is 3. The lowest BCUT2D eigenvalue weighted by molar-refractivity contribution is -0.124. The number of hydrogen-bond acceptors (Lipinski definition) is 6. The summed E-state index contributed by atoms with van der Waals surface area (Å²) in [7, 11) is 0. The molecule has 5 rings (SSSR count). The predicted octanol–water partition coefficient (Wildman–Crippen LogP) is 4.81. The van der Waals surface area contributed by atoms with Crippen LogP contribution in [0.15, 0.2) is 59.5 Å². The van der Waals surface area contributed by atoms with Crippen molar-refractivity contribution in [3.05, 3.63) is 115 Å². The molecule has 1 atom stereocenters. The normalized spacial score (nSPS) is 14.2. The number of anilines is 2. The first kappa shape index (κ1) is 28.1. The van der Waals surface area contributed by atoms with Crippen LogP contribution in [0.1, 0.15) is 68.7 Å². The molecule has 41 heavy (non-hydrogen) atoms. The number of benzene rings is 2. The first-order chi connectivity index (χ1) is 19.7. The number of nitrogens with one attached hydrogen (secondary N) is 2. The Morgan fingerprint density at radius 2 is 1.59 bits per heavy atom. The quantitative estimate of drug-likeness (QED) is 0.290. The maximum Gasteiger partial charge on any atom is 0.294 e. The molecule has 0 unspecified atom stereocenters. The van der Waals surface area contributed by atoms with Crippen LogP contribution in [-0.4, -0.2) is 27.0 Å². The van der Waals surface area contributed by atoms with Gasteiger partial charge in [0.1, 0.15) is 11.9 Å². The summed E-state index contributed by atoms with van der Waals surface area (Å²) in [6, 6.07) is 15.7. The monoisotopic (exact) mass is 550 g/mol. The van der Waals surface area contributed by atoms with Crippen molar-refractivity contribution in [2.24, 2.45) is 0 Å². The molecule has 2 aromatic heterocycles. The van der Waals surface area contributed by atoms with E-state index in [4.69, 9.17) is 5.73 Å². The molecule has 1 aliphatic rings. The Kier molecular flexibility index (Phi) is 7.92. The van der Waals surface area contributed by atoms with Crippen molar-refractivity contribution in [1.29, 1.82) is 0 Å². The minimum Gasteiger partial charge on any atom is -0.384 e. The zero-order chi connectivity index (χ0) is 29.3. The van der Waals surface area contributed by atoms with Gasteiger partial charge in [0.15, 0.2) is 5.82 Å². The van der Waals surface area contributed by atoms with E-state index in [2.05, 4.69) is 84.7 Å². The zero-order valence-corrected chi connectivity index (χ0v) is 24.4. The zero-order valence-electron chi connectivity index (χ0n) is 24.4. The number of fused-ring (bicyclic) bond motifs is 1. The smallest absolute Gasteiger partial charge is 0.294 e. The van der Waals surface area contributed by atoms with E-state index in [1.165, 1.54) is 33.4 Å². The molecule has 8 heteroatoms. The van der Waals surface area contributed by atoms with Crippen molar-refractivity contribution in [2.45, 2.75) is 66.0 Å². The summed E-state index contributed by atoms with van der Waals surface area (Å²) in [5.74, 6) is 0.532. The third kappa shape index (κ3) is 5.59. The highest BCUT2D eigenvalue weighted by Crippen LogP contribution is 2.34. The van der Waals surface area contributed by atoms with Crippen molar-refractivity contribution in [2.75, 3.05) is 17.6 Å². The number of rotatable bonds is 8. The highest BCUT2D eigenvalue weighted by Gasteiger charge is 2.31. The molecule has 0 saturated carbocycles. The van der Waals surface area contributed by atoms with Crippen LogP contribution in [0.25, 0.3) is 0 Å². The first-order valence-electron chi connectivity index (χ1n) is 14.1. The van der Waals surface area contributed by atoms with Crippen molar-refractivity contribution in [3.63, 3.8) is 0 Å². The summed E-state index contributed by atoms with van der Waals surface area (Å²) in [6.07, 6.45) is 2.90. The van der Waals surface area contributed by atoms with Crippen molar-refractivity contribution >= 4 is 17.5 Å². The van der Waals surface area contributed by atoms with Gasteiger partial charge in [-0.25, -0.2) is 9.97 Å². The number of nitrogens with two attached hydrogens (primary N) is 1. The van der Waals surface area contributed by atoms with E-state index in [0.717, 1.165) is 17.0 Å². The van der Waals surface area contributed by atoms with Gasteiger partial charge in [-0.2, -0.15) is 0 Å². The molecule has 2 aromatic carbocycles. The fraction of sp³-hybridized carbons (Fsp3) is 0.333. The van der Waals surface area contributed by atoms with Crippen LogP contribution in [0.5, 0.6) is 0 Å². The summed E-state index contributed by atoms with van der Waals surface area (Å²) >= 11 is 0. The molecule has 0 saturated heterocycles. The van der Waals surface area contributed by atoms with Gasteiger partial charge in [0.2, 0.25) is 5.91 Å². The van der Waals surface area contributed by atoms with Gasteiger partial charge < -0.3 is 16.4 Å². The third-order valence-corrected chi connectivity index (χ3v) is 8.29. The number of pyridine rings is 1. The Balaban J connectivity index is 1.41. The summed E-state index contributed by atoms with van der Waals surface area (Å²) in [6.45, 7) is 11.2. The molecule has 4 aromatic rings. The van der Waals surface area contributed by atoms with E-state index in [0.29, 0.717) is 31.7 Å². The Morgan fingerprint density at radius 1 is 0.976 bits per heavy atom. The predicted molar refractivity (Wildman–Crippen MR) is 163 cm³/mol. The molecule has 1 aliphatic heterocycles. The Morgan fingerprint density at radius 3 is 2.17 bits per heavy atom. The van der Waals surface area contributed by atoms with Gasteiger partial charge in [0.05, 0.1) is 0 Å². The van der Waals surface area contributed by atoms with Crippen molar-refractivity contribution in [1.82, 2.24) is 19.9 Å². The lowest BCUT2D eigenvalue weighted by Crippen LogP contribution is -2.36. The van der Waals surface area contributed by atoms with Gasteiger partial charge in [-0.3, -0.25) is 14.2 Å². The van der Waals surface area contributed by atoms with Crippen molar-refractivity contribution < 1.29 is 4.79 Å². The topological polar surface area (TPSA) is 115 Å². The number of carbonyl (C=O) groups excluding carboxylic acids is 1. The average Bonchev–Trinajstić information content (AvgIpc) is 3.36. The Hall–Kier alpha value is -4.46. The first-order valence-corrected chi connectivity index (χ1v) is 14.1. The minimum atomic E-state index is -0.587. The van der Waals surface area contributed by atoms with Crippen molar-refractivity contribution in [3.8, 4) is 0 Å². The highest BCUT2D eigenvalue weighted by molar-refractivity contribution is 5.81. The van der Waals surface area contributed by atoms with E-state index in [1.807, 2.05) is 13.0 Å². The molecule has 0 radical (unpaired) electrons. The summed E-state index contributed by atoms with van der Waals surface area (Å²) in [4.78, 5) is 35.8. The third-order valence-electron chi connectivity index (χ3n) is 8.29. The molecule has 0 bridgehead atoms. The van der Waals surface area contributed by atoms with Gasteiger partial charge in [-0.05, 0) is 92.5 Å². The number of nitrogens with zero attached hydrogens (tertiary/aromatic N) is 3. The SMILES string of the molecule is Cc1cccc(C)c1C(CNc1ncc2n(c1=O)[C@H](C(=O)NCc1ccc(N)nc1C)CC2)c1c(C)cccc1C. The van der Waals surface area contributed by atoms with Crippen LogP contribution >= 0.6 is 0 Å². The summed E-state index contributed by atoms with van der Waals surface area (Å²) in [5.41, 5.74) is 15.3. The summed E-state index contributed by atoms with van der Waals surface area (Å²) < 4.78 is 1.60. The fourth-order valence-corrected chi connectivity index (χ4v) is 6.21. The molecule has 0 aliphatic carbocycles. The van der Waals surface area contributed by atoms with Crippen LogP contribution in [-0.2, 0) is 17.8 Å². The van der Waals surface area contributed by atoms with Crippen LogP contribution < -0.4 is 21.9 Å². The number of hydrogen-bond donors (Lipinski definition) is 3. The molecule has 0 spiro atoms. The largest absolute Gasteiger partial charge is 0.384 e. The molecule has 8 nitrogen and oxygen atoms in total. The summed E-state index contributed by atoms with van der Waals surface area (Å²) in [5, 5.41) is 6.37. The number of nitrogen functional groups attached to an aromatic ring is 1. The molecular formula is C33H38N6O2. The molecule has 3 heterocycles. The molecule has 212 valence electrons. The van der Waals surface area contributed by atoms with E-state index < -0.39 is 6.04 Å². The Labute approximate surface area is 241 Å². The lowest BCUT2D eigenvalue weighted by Gasteiger charge is -2.26. The van der Waals surface area contributed by atoms with Gasteiger partial charge in [0, 0.05) is 36.6 Å². The molecule has 1 amide bonds. The van der Waals surface area contributed by atoms with E-state index in [1.54, 1.807) is 16.8 Å². The van der Waals surface area contributed by atoms with E-state index >= 15 is 0 Å². The average molecular weight is 551 g/mol. The van der Waals surface area contributed by atoms with Crippen LogP contribution in [0.4, 0.5) is 11.6 Å². The number of amides is 1. The molecule has 4 N–H and O–H groups in total. The minimum absolute atomic E-state index is 0.0210. The van der Waals surface area contributed by atoms with E-state index in [9.17, 15) is 9.59 Å². The van der Waals surface area contributed by atoms with E-state index in [-0.39, 0.29) is 23.2 Å². The lowest BCUT2D eigenvalue weighted by atomic mass is 9.81. The Bertz CT molecular complexity index is 1580. The van der Waals surface area contributed by atoms with Crippen LogP contribution in [0.2, 0.25) is 0 Å². The number of carbonyl (C=O) groups is 1. The molecular weight excluding hydrogens is 512 g/mol.